The lowest BCUT2D eigenvalue weighted by Crippen LogP contribution is -2.31. The Morgan fingerprint density at radius 3 is 2.42 bits per heavy atom. The largest absolute Gasteiger partial charge is 0.322 e. The molecule has 1 fully saturated rings. The van der Waals surface area contributed by atoms with Gasteiger partial charge in [-0.3, -0.25) is 19.5 Å². The van der Waals surface area contributed by atoms with Crippen molar-refractivity contribution in [2.24, 2.45) is 0 Å². The molecule has 156 valence electrons. The molecule has 31 heavy (non-hydrogen) atoms. The Hall–Kier alpha value is -3.94. The number of benzene rings is 2. The first kappa shape index (κ1) is 19.0. The van der Waals surface area contributed by atoms with Crippen LogP contribution in [-0.2, 0) is 9.59 Å². The number of carbonyl (C=O) groups excluding carboxylic acids is 2. The second-order valence-corrected chi connectivity index (χ2v) is 8.04. The van der Waals surface area contributed by atoms with Gasteiger partial charge in [-0.15, -0.1) is 0 Å². The van der Waals surface area contributed by atoms with Crippen molar-refractivity contribution in [1.82, 2.24) is 19.7 Å². The first-order valence-electron chi connectivity index (χ1n) is 10.0. The van der Waals surface area contributed by atoms with Crippen LogP contribution in [0, 0.1) is 20.8 Å². The molecule has 1 aliphatic rings. The quantitative estimate of drug-likeness (QED) is 0.502. The molecule has 4 aromatic rings. The number of imide groups is 1. The minimum absolute atomic E-state index is 0.0418. The summed E-state index contributed by atoms with van der Waals surface area (Å²) in [4.78, 5) is 48.0. The number of rotatable bonds is 3. The molecule has 1 aliphatic heterocycles. The molecular weight excluding hydrogens is 394 g/mol. The molecule has 1 saturated heterocycles. The molecule has 0 saturated carbocycles. The number of aromatic amines is 2. The molecular formula is C23H21N5O3. The summed E-state index contributed by atoms with van der Waals surface area (Å²) in [6.07, 6.45) is -0.0418. The Morgan fingerprint density at radius 1 is 1.00 bits per heavy atom. The van der Waals surface area contributed by atoms with Gasteiger partial charge in [0.1, 0.15) is 0 Å². The highest BCUT2D eigenvalue weighted by molar-refractivity contribution is 6.22. The molecule has 1 atom stereocenters. The molecule has 2 aromatic carbocycles. The molecule has 8 heteroatoms. The van der Waals surface area contributed by atoms with Crippen LogP contribution in [0.25, 0.3) is 17.0 Å². The van der Waals surface area contributed by atoms with Gasteiger partial charge in [-0.25, -0.2) is 9.88 Å². The van der Waals surface area contributed by atoms with Gasteiger partial charge in [0.25, 0.3) is 5.56 Å². The number of para-hydroxylation sites is 2. The average molecular weight is 415 g/mol. The minimum atomic E-state index is -0.831. The van der Waals surface area contributed by atoms with Gasteiger partial charge in [0.2, 0.25) is 17.8 Å². The van der Waals surface area contributed by atoms with Crippen LogP contribution < -0.4 is 10.5 Å². The number of hydrogen-bond acceptors (Lipinski definition) is 4. The fourth-order valence-electron chi connectivity index (χ4n) is 4.37. The van der Waals surface area contributed by atoms with Crippen molar-refractivity contribution >= 4 is 28.5 Å². The predicted octanol–water partition coefficient (Wildman–Crippen LogP) is 3.01. The molecule has 2 N–H and O–H groups in total. The summed E-state index contributed by atoms with van der Waals surface area (Å²) in [5.41, 5.74) is 4.45. The third-order valence-electron chi connectivity index (χ3n) is 5.67. The van der Waals surface area contributed by atoms with Gasteiger partial charge >= 0.3 is 0 Å². The van der Waals surface area contributed by atoms with Gasteiger partial charge in [0.05, 0.1) is 28.2 Å². The highest BCUT2D eigenvalue weighted by atomic mass is 16.2. The maximum atomic E-state index is 13.3. The third-order valence-corrected chi connectivity index (χ3v) is 5.67. The monoisotopic (exact) mass is 415 g/mol. The summed E-state index contributed by atoms with van der Waals surface area (Å²) in [7, 11) is 0. The number of H-pyrrole nitrogens is 2. The van der Waals surface area contributed by atoms with E-state index in [1.807, 2.05) is 56.3 Å². The van der Waals surface area contributed by atoms with E-state index >= 15 is 0 Å². The number of nitrogens with zero attached hydrogens (tertiary/aromatic N) is 3. The number of nitrogens with one attached hydrogen (secondary N) is 2. The molecule has 0 bridgehead atoms. The van der Waals surface area contributed by atoms with Crippen molar-refractivity contribution in [3.05, 3.63) is 75.2 Å². The van der Waals surface area contributed by atoms with Crippen LogP contribution in [-0.4, -0.2) is 31.6 Å². The van der Waals surface area contributed by atoms with Crippen LogP contribution in [0.1, 0.15) is 34.7 Å². The van der Waals surface area contributed by atoms with E-state index in [-0.39, 0.29) is 23.8 Å². The van der Waals surface area contributed by atoms with E-state index in [0.29, 0.717) is 22.9 Å². The standard InChI is InChI=1S/C23H21N5O3/c1-12-8-13(2)10-15(9-12)27-19(29)11-16(21(27)30)20-14(3)26-28(22(20)31)23-24-17-6-4-5-7-18(17)25-23/h4-10,16,26H,11H2,1-3H3,(H,24,25). The van der Waals surface area contributed by atoms with Crippen molar-refractivity contribution in [2.75, 3.05) is 4.90 Å². The molecule has 3 heterocycles. The molecule has 0 spiro atoms. The molecule has 8 nitrogen and oxygen atoms in total. The van der Waals surface area contributed by atoms with E-state index in [1.165, 1.54) is 9.58 Å². The fraction of sp³-hybridized carbons (Fsp3) is 0.217. The van der Waals surface area contributed by atoms with E-state index in [4.69, 9.17) is 0 Å². The zero-order valence-corrected chi connectivity index (χ0v) is 17.4. The van der Waals surface area contributed by atoms with Crippen molar-refractivity contribution in [2.45, 2.75) is 33.1 Å². The van der Waals surface area contributed by atoms with Crippen molar-refractivity contribution < 1.29 is 9.59 Å². The van der Waals surface area contributed by atoms with Crippen molar-refractivity contribution in [3.63, 3.8) is 0 Å². The normalized spacial score (nSPS) is 16.6. The van der Waals surface area contributed by atoms with Crippen molar-refractivity contribution in [1.29, 1.82) is 0 Å². The topological polar surface area (TPSA) is 104 Å². The number of aromatic nitrogens is 4. The van der Waals surface area contributed by atoms with Gasteiger partial charge < -0.3 is 4.98 Å². The van der Waals surface area contributed by atoms with Crippen LogP contribution in [0.4, 0.5) is 5.69 Å². The summed E-state index contributed by atoms with van der Waals surface area (Å²) >= 11 is 0. The number of hydrogen-bond donors (Lipinski definition) is 2. The molecule has 2 amide bonds. The van der Waals surface area contributed by atoms with E-state index < -0.39 is 5.92 Å². The molecule has 1 unspecified atom stereocenters. The van der Waals surface area contributed by atoms with Crippen LogP contribution in [0.3, 0.4) is 0 Å². The minimum Gasteiger partial charge on any atom is -0.322 e. The van der Waals surface area contributed by atoms with E-state index in [0.717, 1.165) is 22.2 Å². The Bertz CT molecular complexity index is 1370. The summed E-state index contributed by atoms with van der Waals surface area (Å²) in [5, 5.41) is 3.00. The summed E-state index contributed by atoms with van der Waals surface area (Å²) in [6.45, 7) is 5.57. The zero-order chi connectivity index (χ0) is 21.9. The lowest BCUT2D eigenvalue weighted by Gasteiger charge is -2.16. The Morgan fingerprint density at radius 2 is 1.71 bits per heavy atom. The highest BCUT2D eigenvalue weighted by Gasteiger charge is 2.43. The first-order chi connectivity index (χ1) is 14.8. The SMILES string of the molecule is Cc1cc(C)cc(N2C(=O)CC(c3c(C)[nH]n(-c4nc5ccccc5[nH]4)c3=O)C2=O)c1. The third kappa shape index (κ3) is 2.99. The van der Waals surface area contributed by atoms with E-state index in [1.54, 1.807) is 6.92 Å². The maximum absolute atomic E-state index is 13.3. The fourth-order valence-corrected chi connectivity index (χ4v) is 4.37. The van der Waals surface area contributed by atoms with Crippen LogP contribution >= 0.6 is 0 Å². The first-order valence-corrected chi connectivity index (χ1v) is 10.0. The molecule has 0 aliphatic carbocycles. The summed E-state index contributed by atoms with van der Waals surface area (Å²) in [5.74, 6) is -1.19. The zero-order valence-electron chi connectivity index (χ0n) is 17.4. The molecule has 5 rings (SSSR count). The number of imidazole rings is 1. The molecule has 2 aromatic heterocycles. The van der Waals surface area contributed by atoms with Gasteiger partial charge in [-0.05, 0) is 56.2 Å². The Labute approximate surface area is 177 Å². The van der Waals surface area contributed by atoms with Gasteiger partial charge in [0.15, 0.2) is 0 Å². The molecule has 0 radical (unpaired) electrons. The number of amides is 2. The van der Waals surface area contributed by atoms with Crippen LogP contribution in [0.5, 0.6) is 0 Å². The van der Waals surface area contributed by atoms with Crippen LogP contribution in [0.2, 0.25) is 0 Å². The van der Waals surface area contributed by atoms with Gasteiger partial charge in [-0.1, -0.05) is 18.2 Å². The van der Waals surface area contributed by atoms with Crippen LogP contribution in [0.15, 0.2) is 47.3 Å². The Kier molecular flexibility index (Phi) is 4.18. The number of anilines is 1. The summed E-state index contributed by atoms with van der Waals surface area (Å²) < 4.78 is 1.29. The number of aryl methyl sites for hydroxylation is 3. The van der Waals surface area contributed by atoms with E-state index in [2.05, 4.69) is 15.1 Å². The number of fused-ring (bicyclic) bond motifs is 1. The smallest absolute Gasteiger partial charge is 0.278 e. The van der Waals surface area contributed by atoms with E-state index in [9.17, 15) is 14.4 Å². The summed E-state index contributed by atoms with van der Waals surface area (Å²) in [6, 6.07) is 13.1. The maximum Gasteiger partial charge on any atom is 0.278 e. The van der Waals surface area contributed by atoms with Gasteiger partial charge in [0, 0.05) is 12.1 Å². The second-order valence-electron chi connectivity index (χ2n) is 8.04. The lowest BCUT2D eigenvalue weighted by molar-refractivity contribution is -0.121. The number of carbonyl (C=O) groups is 2. The second kappa shape index (κ2) is 6.80. The Balaban J connectivity index is 1.56. The highest BCUT2D eigenvalue weighted by Crippen LogP contribution is 2.34. The average Bonchev–Trinajstić information content (AvgIpc) is 3.34. The predicted molar refractivity (Wildman–Crippen MR) is 117 cm³/mol. The van der Waals surface area contributed by atoms with Gasteiger partial charge in [-0.2, -0.15) is 4.68 Å². The lowest BCUT2D eigenvalue weighted by atomic mass is 9.98. The van der Waals surface area contributed by atoms with Crippen molar-refractivity contribution in [3.8, 4) is 5.95 Å².